The molecule has 2 atom stereocenters. The number of ether oxygens (including phenoxy) is 1. The van der Waals surface area contributed by atoms with Crippen LogP contribution in [0.1, 0.15) is 12.8 Å². The average Bonchev–Trinajstić information content (AvgIpc) is 2.25. The second-order valence-electron chi connectivity index (χ2n) is 3.59. The van der Waals surface area contributed by atoms with E-state index in [1.54, 1.807) is 0 Å². The Labute approximate surface area is 93.1 Å². The van der Waals surface area contributed by atoms with Crippen molar-refractivity contribution in [3.63, 3.8) is 0 Å². The fourth-order valence-electron chi connectivity index (χ4n) is 1.61. The predicted octanol–water partition coefficient (Wildman–Crippen LogP) is 0.219. The number of carbonyl (C=O) groups excluding carboxylic acids is 1. The Morgan fingerprint density at radius 1 is 1.56 bits per heavy atom. The number of carbonyl (C=O) groups is 2. The summed E-state index contributed by atoms with van der Waals surface area (Å²) in [5.41, 5.74) is 0. The minimum atomic E-state index is -1.13. The molecule has 1 saturated heterocycles. The molecule has 1 fully saturated rings. The van der Waals surface area contributed by atoms with E-state index in [-0.39, 0.29) is 19.6 Å². The van der Waals surface area contributed by atoms with Crippen LogP contribution in [0.4, 0.5) is 4.79 Å². The number of hydrogen-bond acceptors (Lipinski definition) is 4. The standard InChI is InChI=1S/C10H15NO5/c1-2-5-16-10(15)11-4-3-7(12)6-8(11)9(13)14/h2,7-8,12H,1,3-6H2,(H,13,14)/t7-,8+/m1/s1. The molecule has 6 nitrogen and oxygen atoms in total. The zero-order valence-corrected chi connectivity index (χ0v) is 8.83. The first-order valence-electron chi connectivity index (χ1n) is 5.01. The second kappa shape index (κ2) is 5.50. The van der Waals surface area contributed by atoms with Gasteiger partial charge in [0.15, 0.2) is 0 Å². The molecule has 1 aliphatic rings. The van der Waals surface area contributed by atoms with E-state index in [0.29, 0.717) is 6.42 Å². The van der Waals surface area contributed by atoms with Gasteiger partial charge in [-0.25, -0.2) is 9.59 Å². The van der Waals surface area contributed by atoms with Crippen molar-refractivity contribution in [2.24, 2.45) is 0 Å². The van der Waals surface area contributed by atoms with Gasteiger partial charge in [0.2, 0.25) is 0 Å². The van der Waals surface area contributed by atoms with Crippen molar-refractivity contribution < 1.29 is 24.5 Å². The van der Waals surface area contributed by atoms with Gasteiger partial charge in [0.25, 0.3) is 0 Å². The highest BCUT2D eigenvalue weighted by Crippen LogP contribution is 2.18. The molecule has 90 valence electrons. The van der Waals surface area contributed by atoms with Crippen LogP contribution in [0.5, 0.6) is 0 Å². The molecule has 16 heavy (non-hydrogen) atoms. The molecule has 1 amide bonds. The van der Waals surface area contributed by atoms with Crippen LogP contribution in [-0.4, -0.2) is 52.5 Å². The molecule has 1 heterocycles. The van der Waals surface area contributed by atoms with E-state index >= 15 is 0 Å². The molecule has 0 bridgehead atoms. The number of carboxylic acid groups (broad SMARTS) is 1. The second-order valence-corrected chi connectivity index (χ2v) is 3.59. The summed E-state index contributed by atoms with van der Waals surface area (Å²) < 4.78 is 4.77. The van der Waals surface area contributed by atoms with Gasteiger partial charge >= 0.3 is 12.1 Å². The van der Waals surface area contributed by atoms with Gasteiger partial charge in [-0.05, 0) is 6.42 Å². The van der Waals surface area contributed by atoms with Crippen LogP contribution in [-0.2, 0) is 9.53 Å². The van der Waals surface area contributed by atoms with E-state index in [1.807, 2.05) is 0 Å². The summed E-state index contributed by atoms with van der Waals surface area (Å²) in [6, 6.07) is -1.01. The number of nitrogens with zero attached hydrogens (tertiary/aromatic N) is 1. The SMILES string of the molecule is C=CCOC(=O)N1CC[C@@H](O)C[C@H]1C(=O)O. The molecule has 2 N–H and O–H groups in total. The molecule has 0 saturated carbocycles. The Balaban J connectivity index is 2.64. The summed E-state index contributed by atoms with van der Waals surface area (Å²) in [7, 11) is 0. The summed E-state index contributed by atoms with van der Waals surface area (Å²) in [5.74, 6) is -1.13. The molecule has 0 unspecified atom stereocenters. The largest absolute Gasteiger partial charge is 0.480 e. The summed E-state index contributed by atoms with van der Waals surface area (Å²) in [5, 5.41) is 18.3. The van der Waals surface area contributed by atoms with Crippen molar-refractivity contribution in [2.75, 3.05) is 13.2 Å². The third-order valence-corrected chi connectivity index (χ3v) is 2.42. The van der Waals surface area contributed by atoms with E-state index in [1.165, 1.54) is 6.08 Å². The zero-order valence-electron chi connectivity index (χ0n) is 8.83. The molecular weight excluding hydrogens is 214 g/mol. The van der Waals surface area contributed by atoms with Crippen LogP contribution in [0.2, 0.25) is 0 Å². The normalized spacial score (nSPS) is 24.9. The van der Waals surface area contributed by atoms with Gasteiger partial charge in [0.1, 0.15) is 12.6 Å². The summed E-state index contributed by atoms with van der Waals surface area (Å²) in [6.45, 7) is 3.63. The molecule has 1 aliphatic heterocycles. The fraction of sp³-hybridized carbons (Fsp3) is 0.600. The molecular formula is C10H15NO5. The molecule has 1 rings (SSSR count). The van der Waals surface area contributed by atoms with Crippen molar-refractivity contribution in [1.82, 2.24) is 4.90 Å². The number of amides is 1. The lowest BCUT2D eigenvalue weighted by molar-refractivity contribution is -0.145. The fourth-order valence-corrected chi connectivity index (χ4v) is 1.61. The van der Waals surface area contributed by atoms with E-state index in [2.05, 4.69) is 6.58 Å². The lowest BCUT2D eigenvalue weighted by atomic mass is 10.0. The number of rotatable bonds is 3. The van der Waals surface area contributed by atoms with Gasteiger partial charge < -0.3 is 14.9 Å². The van der Waals surface area contributed by atoms with Gasteiger partial charge in [0, 0.05) is 13.0 Å². The Morgan fingerprint density at radius 3 is 2.81 bits per heavy atom. The maximum Gasteiger partial charge on any atom is 0.410 e. The molecule has 0 radical (unpaired) electrons. The summed E-state index contributed by atoms with van der Waals surface area (Å²) in [4.78, 5) is 23.5. The minimum Gasteiger partial charge on any atom is -0.480 e. The van der Waals surface area contributed by atoms with Gasteiger partial charge in [-0.15, -0.1) is 0 Å². The van der Waals surface area contributed by atoms with E-state index in [4.69, 9.17) is 9.84 Å². The van der Waals surface area contributed by atoms with Crippen molar-refractivity contribution in [2.45, 2.75) is 25.0 Å². The Bertz CT molecular complexity index is 291. The zero-order chi connectivity index (χ0) is 12.1. The van der Waals surface area contributed by atoms with Crippen LogP contribution in [0.3, 0.4) is 0 Å². The van der Waals surface area contributed by atoms with Crippen LogP contribution in [0, 0.1) is 0 Å². The quantitative estimate of drug-likeness (QED) is 0.676. The van der Waals surface area contributed by atoms with Crippen LogP contribution >= 0.6 is 0 Å². The smallest absolute Gasteiger partial charge is 0.410 e. The number of likely N-dealkylation sites (tertiary alicyclic amines) is 1. The van der Waals surface area contributed by atoms with E-state index < -0.39 is 24.2 Å². The van der Waals surface area contributed by atoms with Crippen molar-refractivity contribution >= 4 is 12.1 Å². The number of aliphatic carboxylic acids is 1. The first kappa shape index (κ1) is 12.5. The first-order valence-corrected chi connectivity index (χ1v) is 5.01. The molecule has 0 spiro atoms. The van der Waals surface area contributed by atoms with E-state index in [9.17, 15) is 14.7 Å². The number of piperidine rings is 1. The monoisotopic (exact) mass is 229 g/mol. The van der Waals surface area contributed by atoms with Crippen LogP contribution in [0.25, 0.3) is 0 Å². The Kier molecular flexibility index (Phi) is 4.30. The lowest BCUT2D eigenvalue weighted by Crippen LogP contribution is -2.51. The number of carboxylic acids is 1. The van der Waals surface area contributed by atoms with Crippen molar-refractivity contribution in [3.05, 3.63) is 12.7 Å². The van der Waals surface area contributed by atoms with Crippen LogP contribution in [0.15, 0.2) is 12.7 Å². The summed E-state index contributed by atoms with van der Waals surface area (Å²) in [6.07, 6.45) is 0.460. The first-order chi connectivity index (χ1) is 7.56. The topological polar surface area (TPSA) is 87.1 Å². The van der Waals surface area contributed by atoms with Gasteiger partial charge in [-0.1, -0.05) is 12.7 Å². The Morgan fingerprint density at radius 2 is 2.25 bits per heavy atom. The van der Waals surface area contributed by atoms with Gasteiger partial charge in [-0.2, -0.15) is 0 Å². The predicted molar refractivity (Wildman–Crippen MR) is 54.9 cm³/mol. The molecule has 0 aromatic rings. The van der Waals surface area contributed by atoms with Crippen molar-refractivity contribution in [1.29, 1.82) is 0 Å². The highest BCUT2D eigenvalue weighted by molar-refractivity contribution is 5.80. The maximum atomic E-state index is 11.5. The van der Waals surface area contributed by atoms with Crippen LogP contribution < -0.4 is 0 Å². The third kappa shape index (κ3) is 2.96. The third-order valence-electron chi connectivity index (χ3n) is 2.42. The maximum absolute atomic E-state index is 11.5. The highest BCUT2D eigenvalue weighted by atomic mass is 16.6. The minimum absolute atomic E-state index is 0.0402. The Hall–Kier alpha value is -1.56. The lowest BCUT2D eigenvalue weighted by Gasteiger charge is -2.34. The number of aliphatic hydroxyl groups excluding tert-OH is 1. The number of aliphatic hydroxyl groups is 1. The van der Waals surface area contributed by atoms with Gasteiger partial charge in [0.05, 0.1) is 6.10 Å². The molecule has 0 aliphatic carbocycles. The molecule has 0 aromatic carbocycles. The average molecular weight is 229 g/mol. The van der Waals surface area contributed by atoms with Gasteiger partial charge in [-0.3, -0.25) is 4.90 Å². The van der Waals surface area contributed by atoms with Crippen molar-refractivity contribution in [3.8, 4) is 0 Å². The van der Waals surface area contributed by atoms with E-state index in [0.717, 1.165) is 4.90 Å². The highest BCUT2D eigenvalue weighted by Gasteiger charge is 2.36. The number of hydrogen-bond donors (Lipinski definition) is 2. The molecule has 0 aromatic heterocycles. The summed E-state index contributed by atoms with van der Waals surface area (Å²) >= 11 is 0. The molecule has 6 heteroatoms.